The number of halogens is 1. The summed E-state index contributed by atoms with van der Waals surface area (Å²) in [5, 5.41) is 3.06. The van der Waals surface area contributed by atoms with E-state index in [0.29, 0.717) is 18.7 Å². The fraction of sp³-hybridized carbons (Fsp3) is 0.321. The van der Waals surface area contributed by atoms with Crippen LogP contribution in [0.1, 0.15) is 33.6 Å². The molecule has 36 heavy (non-hydrogen) atoms. The van der Waals surface area contributed by atoms with Gasteiger partial charge < -0.3 is 20.0 Å². The van der Waals surface area contributed by atoms with Gasteiger partial charge in [0.1, 0.15) is 11.6 Å². The highest BCUT2D eigenvalue weighted by molar-refractivity contribution is 6.00. The largest absolute Gasteiger partial charge is 0.371 e. The molecule has 3 heterocycles. The smallest absolute Gasteiger partial charge is 0.256 e. The molecule has 0 bridgehead atoms. The topological polar surface area (TPSA) is 68.8 Å². The van der Waals surface area contributed by atoms with Crippen molar-refractivity contribution in [2.75, 3.05) is 49.1 Å². The third-order valence-corrected chi connectivity index (χ3v) is 6.95. The Morgan fingerprint density at radius 2 is 1.50 bits per heavy atom. The van der Waals surface area contributed by atoms with Gasteiger partial charge in [-0.3, -0.25) is 9.59 Å². The predicted molar refractivity (Wildman–Crippen MR) is 138 cm³/mol. The summed E-state index contributed by atoms with van der Waals surface area (Å²) in [7, 11) is 0. The molecule has 0 saturated carbocycles. The summed E-state index contributed by atoms with van der Waals surface area (Å²) in [5.41, 5.74) is 2.12. The monoisotopic (exact) mass is 487 g/mol. The average Bonchev–Trinajstić information content (AvgIpc) is 2.94. The minimum Gasteiger partial charge on any atom is -0.371 e. The minimum atomic E-state index is -0.358. The first-order chi connectivity index (χ1) is 17.6. The van der Waals surface area contributed by atoms with Crippen molar-refractivity contribution < 1.29 is 14.0 Å². The quantitative estimate of drug-likeness (QED) is 0.596. The van der Waals surface area contributed by atoms with Crippen LogP contribution in [0, 0.1) is 5.82 Å². The highest BCUT2D eigenvalue weighted by Gasteiger charge is 2.28. The molecule has 5 rings (SSSR count). The molecule has 2 saturated heterocycles. The van der Waals surface area contributed by atoms with Crippen LogP contribution in [0.3, 0.4) is 0 Å². The Labute approximate surface area is 210 Å². The summed E-state index contributed by atoms with van der Waals surface area (Å²) in [5.74, 6) is 0.453. The second kappa shape index (κ2) is 10.8. The zero-order valence-electron chi connectivity index (χ0n) is 20.1. The molecule has 2 aromatic carbocycles. The van der Waals surface area contributed by atoms with Crippen LogP contribution >= 0.6 is 0 Å². The van der Waals surface area contributed by atoms with Crippen LogP contribution in [-0.2, 0) is 0 Å². The van der Waals surface area contributed by atoms with Gasteiger partial charge in [0.05, 0.1) is 5.56 Å². The lowest BCUT2D eigenvalue weighted by Gasteiger charge is -2.37. The number of piperidine rings is 1. The third kappa shape index (κ3) is 5.32. The van der Waals surface area contributed by atoms with Crippen LogP contribution in [-0.4, -0.2) is 67.0 Å². The highest BCUT2D eigenvalue weighted by atomic mass is 19.1. The van der Waals surface area contributed by atoms with Crippen molar-refractivity contribution in [3.8, 4) is 0 Å². The highest BCUT2D eigenvalue weighted by Crippen LogP contribution is 2.26. The van der Waals surface area contributed by atoms with Gasteiger partial charge >= 0.3 is 0 Å². The lowest BCUT2D eigenvalue weighted by molar-refractivity contribution is 0.0747. The molecule has 0 radical (unpaired) electrons. The van der Waals surface area contributed by atoms with E-state index in [1.54, 1.807) is 6.20 Å². The van der Waals surface area contributed by atoms with Gasteiger partial charge in [0, 0.05) is 62.8 Å². The summed E-state index contributed by atoms with van der Waals surface area (Å²) < 4.78 is 13.1. The van der Waals surface area contributed by atoms with Gasteiger partial charge in [-0.25, -0.2) is 9.37 Å². The molecule has 186 valence electrons. The van der Waals surface area contributed by atoms with E-state index in [0.717, 1.165) is 56.1 Å². The molecule has 0 atom stereocenters. The number of nitrogens with zero attached hydrogens (tertiary/aromatic N) is 4. The number of carbonyl (C=O) groups is 2. The molecule has 0 unspecified atom stereocenters. The van der Waals surface area contributed by atoms with Crippen molar-refractivity contribution in [1.29, 1.82) is 0 Å². The predicted octanol–water partition coefficient (Wildman–Crippen LogP) is 3.58. The molecule has 2 aliphatic heterocycles. The maximum absolute atomic E-state index is 13.5. The molecule has 1 N–H and O–H groups in total. The Kier molecular flexibility index (Phi) is 7.11. The number of hydrogen-bond donors (Lipinski definition) is 1. The van der Waals surface area contributed by atoms with Crippen molar-refractivity contribution >= 4 is 23.3 Å². The Hall–Kier alpha value is -3.94. The number of pyridine rings is 1. The number of aromatic nitrogens is 1. The van der Waals surface area contributed by atoms with E-state index in [4.69, 9.17) is 0 Å². The van der Waals surface area contributed by atoms with Gasteiger partial charge in [0.15, 0.2) is 0 Å². The van der Waals surface area contributed by atoms with E-state index in [-0.39, 0.29) is 23.7 Å². The first-order valence-corrected chi connectivity index (χ1v) is 12.4. The van der Waals surface area contributed by atoms with Gasteiger partial charge in [-0.1, -0.05) is 18.2 Å². The van der Waals surface area contributed by atoms with Crippen LogP contribution in [0.2, 0.25) is 0 Å². The SMILES string of the molecule is O=C(NC1CCN(c2ccccc2C(=O)N2CCN(c3ccccn3)CC2)CC1)c1ccc(F)cc1. The summed E-state index contributed by atoms with van der Waals surface area (Å²) in [6, 6.07) is 19.3. The average molecular weight is 488 g/mol. The third-order valence-electron chi connectivity index (χ3n) is 6.95. The number of para-hydroxylation sites is 1. The number of amides is 2. The summed E-state index contributed by atoms with van der Waals surface area (Å²) in [4.78, 5) is 36.8. The molecule has 0 aliphatic carbocycles. The second-order valence-electron chi connectivity index (χ2n) is 9.23. The van der Waals surface area contributed by atoms with Crippen molar-refractivity contribution in [2.24, 2.45) is 0 Å². The van der Waals surface area contributed by atoms with Crippen molar-refractivity contribution in [3.63, 3.8) is 0 Å². The number of nitrogens with one attached hydrogen (secondary N) is 1. The molecule has 7 nitrogen and oxygen atoms in total. The summed E-state index contributed by atoms with van der Waals surface area (Å²) >= 11 is 0. The summed E-state index contributed by atoms with van der Waals surface area (Å²) in [6.07, 6.45) is 3.34. The first-order valence-electron chi connectivity index (χ1n) is 12.4. The lowest BCUT2D eigenvalue weighted by atomic mass is 10.0. The molecule has 0 spiro atoms. The Morgan fingerprint density at radius 1 is 0.806 bits per heavy atom. The van der Waals surface area contributed by atoms with Gasteiger partial charge in [0.2, 0.25) is 0 Å². The molecule has 3 aromatic rings. The molecule has 2 amide bonds. The Balaban J connectivity index is 1.18. The van der Waals surface area contributed by atoms with E-state index in [2.05, 4.69) is 20.1 Å². The number of piperazine rings is 1. The van der Waals surface area contributed by atoms with Crippen LogP contribution < -0.4 is 15.1 Å². The number of rotatable bonds is 5. The minimum absolute atomic E-state index is 0.0429. The van der Waals surface area contributed by atoms with E-state index >= 15 is 0 Å². The van der Waals surface area contributed by atoms with E-state index in [9.17, 15) is 14.0 Å². The number of carbonyl (C=O) groups excluding carboxylic acids is 2. The molecule has 2 fully saturated rings. The fourth-order valence-electron chi connectivity index (χ4n) is 4.91. The molecule has 2 aliphatic rings. The van der Waals surface area contributed by atoms with Gasteiger partial charge in [0.25, 0.3) is 11.8 Å². The van der Waals surface area contributed by atoms with E-state index < -0.39 is 0 Å². The molecular formula is C28H30FN5O2. The van der Waals surface area contributed by atoms with Crippen LogP contribution in [0.15, 0.2) is 72.9 Å². The van der Waals surface area contributed by atoms with Crippen molar-refractivity contribution in [3.05, 3.63) is 89.9 Å². The molecule has 8 heteroatoms. The zero-order chi connectivity index (χ0) is 24.9. The van der Waals surface area contributed by atoms with Gasteiger partial charge in [-0.15, -0.1) is 0 Å². The Bertz CT molecular complexity index is 1190. The van der Waals surface area contributed by atoms with Gasteiger partial charge in [-0.05, 0) is 61.4 Å². The van der Waals surface area contributed by atoms with Crippen molar-refractivity contribution in [1.82, 2.24) is 15.2 Å². The number of hydrogen-bond acceptors (Lipinski definition) is 5. The molecular weight excluding hydrogens is 457 g/mol. The van der Waals surface area contributed by atoms with Crippen LogP contribution in [0.25, 0.3) is 0 Å². The van der Waals surface area contributed by atoms with Crippen LogP contribution in [0.5, 0.6) is 0 Å². The van der Waals surface area contributed by atoms with Crippen LogP contribution in [0.4, 0.5) is 15.9 Å². The van der Waals surface area contributed by atoms with E-state index in [1.807, 2.05) is 47.4 Å². The number of benzene rings is 2. The van der Waals surface area contributed by atoms with E-state index in [1.165, 1.54) is 24.3 Å². The lowest BCUT2D eigenvalue weighted by Crippen LogP contribution is -2.49. The van der Waals surface area contributed by atoms with Crippen molar-refractivity contribution in [2.45, 2.75) is 18.9 Å². The number of anilines is 2. The molecule has 1 aromatic heterocycles. The first kappa shape index (κ1) is 23.8. The second-order valence-corrected chi connectivity index (χ2v) is 9.23. The fourth-order valence-corrected chi connectivity index (χ4v) is 4.91. The zero-order valence-corrected chi connectivity index (χ0v) is 20.1. The maximum Gasteiger partial charge on any atom is 0.256 e. The standard InChI is InChI=1S/C28H30FN5O2/c29-22-10-8-21(9-11-22)27(35)31-23-12-15-32(16-13-23)25-6-2-1-5-24(25)28(36)34-19-17-33(18-20-34)26-7-3-4-14-30-26/h1-11,14,23H,12-13,15-20H2,(H,31,35). The maximum atomic E-state index is 13.5. The Morgan fingerprint density at radius 3 is 2.19 bits per heavy atom. The summed E-state index contributed by atoms with van der Waals surface area (Å²) in [6.45, 7) is 4.30. The normalized spacial score (nSPS) is 16.6. The van der Waals surface area contributed by atoms with Gasteiger partial charge in [-0.2, -0.15) is 0 Å².